The molecule has 0 aliphatic heterocycles. The first-order chi connectivity index (χ1) is 15.2. The lowest BCUT2D eigenvalue weighted by Crippen LogP contribution is -2.42. The summed E-state index contributed by atoms with van der Waals surface area (Å²) in [5, 5.41) is 0. The Bertz CT molecular complexity index is 968. The molecule has 1 aromatic carbocycles. The van der Waals surface area contributed by atoms with Crippen molar-refractivity contribution in [3.05, 3.63) is 39.1 Å². The first-order valence-corrected chi connectivity index (χ1v) is 11.5. The van der Waals surface area contributed by atoms with Crippen molar-refractivity contribution in [1.82, 2.24) is 10.9 Å². The highest BCUT2D eigenvalue weighted by molar-refractivity contribution is 7.14. The number of amides is 2. The topological polar surface area (TPSA) is 85.9 Å². The Kier molecular flexibility index (Phi) is 7.33. The Morgan fingerprint density at radius 1 is 1.03 bits per heavy atom. The molecular formula is C24H32N2O5S. The van der Waals surface area contributed by atoms with E-state index in [1.807, 2.05) is 6.07 Å². The monoisotopic (exact) mass is 460 g/mol. The van der Waals surface area contributed by atoms with Gasteiger partial charge in [-0.25, -0.2) is 0 Å². The molecule has 174 valence electrons. The summed E-state index contributed by atoms with van der Waals surface area (Å²) in [5.74, 6) is 1.37. The number of carbonyl (C=O) groups excluding carboxylic acids is 2. The molecule has 0 saturated heterocycles. The maximum Gasteiger partial charge on any atom is 0.279 e. The minimum atomic E-state index is -0.346. The van der Waals surface area contributed by atoms with Gasteiger partial charge >= 0.3 is 0 Å². The van der Waals surface area contributed by atoms with Gasteiger partial charge in [0.2, 0.25) is 11.7 Å². The van der Waals surface area contributed by atoms with Crippen molar-refractivity contribution in [1.29, 1.82) is 0 Å². The van der Waals surface area contributed by atoms with Crippen LogP contribution >= 0.6 is 11.3 Å². The van der Waals surface area contributed by atoms with Gasteiger partial charge in [0.15, 0.2) is 11.5 Å². The van der Waals surface area contributed by atoms with Crippen LogP contribution in [0.4, 0.5) is 0 Å². The Balaban J connectivity index is 1.60. The molecule has 1 heterocycles. The second-order valence-electron chi connectivity index (χ2n) is 9.08. The molecule has 2 N–H and O–H groups in total. The van der Waals surface area contributed by atoms with Gasteiger partial charge in [0.1, 0.15) is 0 Å². The van der Waals surface area contributed by atoms with E-state index in [1.165, 1.54) is 43.1 Å². The van der Waals surface area contributed by atoms with E-state index in [2.05, 4.69) is 31.6 Å². The molecule has 7 nitrogen and oxygen atoms in total. The van der Waals surface area contributed by atoms with Gasteiger partial charge in [0.25, 0.3) is 5.91 Å². The van der Waals surface area contributed by atoms with Gasteiger partial charge < -0.3 is 14.2 Å². The molecule has 0 bridgehead atoms. The largest absolute Gasteiger partial charge is 0.493 e. The third-order valence-electron chi connectivity index (χ3n) is 5.94. The van der Waals surface area contributed by atoms with E-state index in [0.717, 1.165) is 19.3 Å². The summed E-state index contributed by atoms with van der Waals surface area (Å²) in [6.45, 7) is 6.81. The van der Waals surface area contributed by atoms with Crippen molar-refractivity contribution in [2.75, 3.05) is 21.3 Å². The van der Waals surface area contributed by atoms with Crippen LogP contribution in [0.1, 0.15) is 52.9 Å². The Morgan fingerprint density at radius 2 is 1.69 bits per heavy atom. The van der Waals surface area contributed by atoms with Crippen molar-refractivity contribution in [3.63, 3.8) is 0 Å². The highest BCUT2D eigenvalue weighted by atomic mass is 32.1. The molecule has 1 atom stereocenters. The number of aryl methyl sites for hydroxylation is 1. The average Bonchev–Trinajstić information content (AvgIpc) is 3.19. The fourth-order valence-corrected chi connectivity index (χ4v) is 5.13. The van der Waals surface area contributed by atoms with Crippen molar-refractivity contribution in [2.45, 2.75) is 46.5 Å². The van der Waals surface area contributed by atoms with Crippen LogP contribution in [0.15, 0.2) is 18.2 Å². The van der Waals surface area contributed by atoms with Crippen LogP contribution in [0.2, 0.25) is 0 Å². The van der Waals surface area contributed by atoms with Crippen LogP contribution in [0.25, 0.3) is 0 Å². The highest BCUT2D eigenvalue weighted by Gasteiger charge is 2.30. The zero-order valence-electron chi connectivity index (χ0n) is 19.6. The Hall–Kier alpha value is -2.74. The number of hydrogen-bond acceptors (Lipinski definition) is 6. The number of hydrazine groups is 1. The number of fused-ring (bicyclic) bond motifs is 1. The van der Waals surface area contributed by atoms with Crippen LogP contribution < -0.4 is 25.1 Å². The lowest BCUT2D eigenvalue weighted by molar-refractivity contribution is -0.121. The van der Waals surface area contributed by atoms with Crippen LogP contribution in [0.5, 0.6) is 17.2 Å². The van der Waals surface area contributed by atoms with Gasteiger partial charge in [-0.15, -0.1) is 11.3 Å². The normalized spacial score (nSPS) is 15.5. The van der Waals surface area contributed by atoms with E-state index in [1.54, 1.807) is 12.1 Å². The first-order valence-electron chi connectivity index (χ1n) is 10.7. The molecule has 1 unspecified atom stereocenters. The average molecular weight is 461 g/mol. The molecule has 32 heavy (non-hydrogen) atoms. The molecule has 0 radical (unpaired) electrons. The van der Waals surface area contributed by atoms with Gasteiger partial charge in [-0.05, 0) is 59.9 Å². The summed E-state index contributed by atoms with van der Waals surface area (Å²) in [6, 6.07) is 5.39. The quantitative estimate of drug-likeness (QED) is 0.638. The van der Waals surface area contributed by atoms with Crippen molar-refractivity contribution in [2.24, 2.45) is 11.3 Å². The zero-order valence-corrected chi connectivity index (χ0v) is 20.4. The molecule has 0 saturated carbocycles. The van der Waals surface area contributed by atoms with Gasteiger partial charge in [-0.2, -0.15) is 0 Å². The summed E-state index contributed by atoms with van der Waals surface area (Å²) < 4.78 is 15.9. The van der Waals surface area contributed by atoms with E-state index < -0.39 is 0 Å². The number of benzene rings is 1. The second-order valence-corrected chi connectivity index (χ2v) is 10.2. The van der Waals surface area contributed by atoms with Gasteiger partial charge in [-0.3, -0.25) is 20.4 Å². The van der Waals surface area contributed by atoms with E-state index >= 15 is 0 Å². The van der Waals surface area contributed by atoms with E-state index in [9.17, 15) is 9.59 Å². The zero-order chi connectivity index (χ0) is 23.5. The molecular weight excluding hydrogens is 428 g/mol. The molecule has 2 amide bonds. The summed E-state index contributed by atoms with van der Waals surface area (Å²) in [6.07, 6.45) is 3.19. The molecule has 1 aliphatic rings. The molecule has 1 aliphatic carbocycles. The maximum absolute atomic E-state index is 12.6. The predicted octanol–water partition coefficient (Wildman–Crippen LogP) is 3.93. The summed E-state index contributed by atoms with van der Waals surface area (Å²) in [5.41, 5.74) is 7.22. The smallest absolute Gasteiger partial charge is 0.279 e. The Morgan fingerprint density at radius 3 is 2.25 bits per heavy atom. The minimum absolute atomic E-state index is 0.0468. The predicted molar refractivity (Wildman–Crippen MR) is 125 cm³/mol. The van der Waals surface area contributed by atoms with Crippen LogP contribution in [-0.2, 0) is 24.1 Å². The van der Waals surface area contributed by atoms with Crippen molar-refractivity contribution in [3.8, 4) is 17.2 Å². The lowest BCUT2D eigenvalue weighted by atomic mass is 9.72. The second kappa shape index (κ2) is 9.81. The number of hydrogen-bond donors (Lipinski definition) is 2. The number of thiophene rings is 1. The van der Waals surface area contributed by atoms with E-state index in [4.69, 9.17) is 14.2 Å². The van der Waals surface area contributed by atoms with Crippen LogP contribution in [0.3, 0.4) is 0 Å². The standard InChI is InChI=1S/C24H32N2O5S/c1-24(2,3)16-7-8-19-15(12-16)13-20(32-19)23(28)26-25-21(27)11-14-9-17(29-4)22(31-6)18(10-14)30-5/h9-10,13,16H,7-8,11-12H2,1-6H3,(H,25,27)(H,26,28). The van der Waals surface area contributed by atoms with Gasteiger partial charge in [0, 0.05) is 4.88 Å². The van der Waals surface area contributed by atoms with Crippen LogP contribution in [-0.4, -0.2) is 33.1 Å². The fourth-order valence-electron chi connectivity index (χ4n) is 4.03. The number of ether oxygens (including phenoxy) is 3. The van der Waals surface area contributed by atoms with Crippen LogP contribution in [0, 0.1) is 11.3 Å². The molecule has 0 fully saturated rings. The summed E-state index contributed by atoms with van der Waals surface area (Å²) in [4.78, 5) is 26.9. The van der Waals surface area contributed by atoms with E-state index in [-0.39, 0.29) is 23.7 Å². The number of rotatable bonds is 6. The van der Waals surface area contributed by atoms with Crippen molar-refractivity contribution >= 4 is 23.2 Å². The number of methoxy groups -OCH3 is 3. The molecule has 0 spiro atoms. The first kappa shape index (κ1) is 23.9. The minimum Gasteiger partial charge on any atom is -0.493 e. The lowest BCUT2D eigenvalue weighted by Gasteiger charge is -2.33. The summed E-state index contributed by atoms with van der Waals surface area (Å²) >= 11 is 1.52. The van der Waals surface area contributed by atoms with Crippen molar-refractivity contribution < 1.29 is 23.8 Å². The molecule has 1 aromatic heterocycles. The molecule has 2 aromatic rings. The van der Waals surface area contributed by atoms with E-state index in [0.29, 0.717) is 33.6 Å². The fraction of sp³-hybridized carbons (Fsp3) is 0.500. The van der Waals surface area contributed by atoms with Gasteiger partial charge in [0.05, 0.1) is 32.6 Å². The number of nitrogens with one attached hydrogen (secondary N) is 2. The third-order valence-corrected chi connectivity index (χ3v) is 7.17. The third kappa shape index (κ3) is 5.35. The SMILES string of the molecule is COc1cc(CC(=O)NNC(=O)c2cc3c(s2)CCC(C(C)(C)C)C3)cc(OC)c1OC. The molecule has 3 rings (SSSR count). The van der Waals surface area contributed by atoms with Gasteiger partial charge in [-0.1, -0.05) is 20.8 Å². The highest BCUT2D eigenvalue weighted by Crippen LogP contribution is 2.40. The maximum atomic E-state index is 12.6. The Labute approximate surface area is 193 Å². The summed E-state index contributed by atoms with van der Waals surface area (Å²) in [7, 11) is 4.56. The number of carbonyl (C=O) groups is 2. The molecule has 8 heteroatoms.